The van der Waals surface area contributed by atoms with Gasteiger partial charge in [0.25, 0.3) is 0 Å². The second-order valence-electron chi connectivity index (χ2n) is 11.5. The van der Waals surface area contributed by atoms with Crippen molar-refractivity contribution in [1.29, 1.82) is 0 Å². The number of nitrogens with zero attached hydrogens (tertiary/aromatic N) is 1. The molecule has 1 saturated heterocycles. The zero-order valence-corrected chi connectivity index (χ0v) is 19.5. The van der Waals surface area contributed by atoms with Gasteiger partial charge in [-0.05, 0) is 30.7 Å². The number of ketones is 1. The van der Waals surface area contributed by atoms with E-state index in [1.165, 1.54) is 0 Å². The van der Waals surface area contributed by atoms with Gasteiger partial charge in [0.2, 0.25) is 0 Å². The summed E-state index contributed by atoms with van der Waals surface area (Å²) in [4.78, 5) is 16.0. The van der Waals surface area contributed by atoms with Gasteiger partial charge in [0.15, 0.2) is 0 Å². The number of carbonyl (C=O) groups excluding carboxylic acids is 1. The van der Waals surface area contributed by atoms with E-state index in [4.69, 9.17) is 14.2 Å². The molecule has 7 bridgehead atoms. The molecule has 0 aromatic rings. The maximum absolute atomic E-state index is 13.6. The summed E-state index contributed by atoms with van der Waals surface area (Å²) in [6, 6.07) is 0.0388. The molecule has 5 aliphatic carbocycles. The van der Waals surface area contributed by atoms with Gasteiger partial charge in [-0.25, -0.2) is 0 Å². The molecule has 180 valence electrons. The molecular weight excluding hydrogens is 414 g/mol. The number of ether oxygens (including phenoxy) is 3. The van der Waals surface area contributed by atoms with E-state index < -0.39 is 34.7 Å². The SMILES string of the molecule is CCN1C[C@]2(COC)C(=O)CC[C@]34C1[C@H]([C@H](OC)[C@H]23)[C@@]1(O)C[C@H](OC)[C@@]2(O)C[C@@H]4[C@@H]1[C@H]2O. The Morgan fingerprint density at radius 2 is 1.84 bits per heavy atom. The summed E-state index contributed by atoms with van der Waals surface area (Å²) in [7, 11) is 4.89. The number of likely N-dealkylation sites (tertiary alicyclic amines) is 1. The first-order valence-electron chi connectivity index (χ1n) is 12.2. The van der Waals surface area contributed by atoms with E-state index in [-0.39, 0.29) is 47.5 Å². The third-order valence-corrected chi connectivity index (χ3v) is 11.1. The van der Waals surface area contributed by atoms with E-state index in [0.29, 0.717) is 32.4 Å². The first kappa shape index (κ1) is 21.9. The first-order valence-corrected chi connectivity index (χ1v) is 12.2. The predicted molar refractivity (Wildman–Crippen MR) is 113 cm³/mol. The molecule has 0 aromatic carbocycles. The van der Waals surface area contributed by atoms with Crippen LogP contribution in [0.2, 0.25) is 0 Å². The van der Waals surface area contributed by atoms with Crippen molar-refractivity contribution < 1.29 is 34.3 Å². The number of hydrogen-bond acceptors (Lipinski definition) is 8. The Morgan fingerprint density at radius 3 is 2.47 bits per heavy atom. The fourth-order valence-corrected chi connectivity index (χ4v) is 10.4. The molecule has 0 amide bonds. The number of piperidine rings is 1. The summed E-state index contributed by atoms with van der Waals surface area (Å²) in [6.45, 7) is 3.81. The predicted octanol–water partition coefficient (Wildman–Crippen LogP) is -0.175. The van der Waals surface area contributed by atoms with Crippen LogP contribution in [0.4, 0.5) is 0 Å². The zero-order valence-electron chi connectivity index (χ0n) is 19.5. The van der Waals surface area contributed by atoms with E-state index in [1.54, 1.807) is 21.3 Å². The summed E-state index contributed by atoms with van der Waals surface area (Å²) in [5.74, 6) is -0.708. The van der Waals surface area contributed by atoms with Crippen molar-refractivity contribution in [2.45, 2.75) is 68.2 Å². The molecule has 1 heterocycles. The van der Waals surface area contributed by atoms with Crippen LogP contribution in [0.3, 0.4) is 0 Å². The number of fused-ring (bicyclic) bond motifs is 2. The molecule has 1 spiro atoms. The number of methoxy groups -OCH3 is 3. The van der Waals surface area contributed by atoms with Gasteiger partial charge in [-0.3, -0.25) is 9.69 Å². The van der Waals surface area contributed by atoms with Crippen LogP contribution in [-0.2, 0) is 19.0 Å². The third kappa shape index (κ3) is 2.02. The summed E-state index contributed by atoms with van der Waals surface area (Å²) < 4.78 is 17.6. The molecule has 1 unspecified atom stereocenters. The van der Waals surface area contributed by atoms with E-state index in [1.807, 2.05) is 0 Å². The third-order valence-electron chi connectivity index (χ3n) is 11.1. The topological polar surface area (TPSA) is 109 Å². The molecular formula is C24H37NO7. The van der Waals surface area contributed by atoms with Crippen molar-refractivity contribution in [3.8, 4) is 0 Å². The second-order valence-corrected chi connectivity index (χ2v) is 11.5. The maximum atomic E-state index is 13.6. The smallest absolute Gasteiger partial charge is 0.143 e. The lowest BCUT2D eigenvalue weighted by Crippen LogP contribution is -2.75. The van der Waals surface area contributed by atoms with Gasteiger partial charge < -0.3 is 29.5 Å². The van der Waals surface area contributed by atoms with Gasteiger partial charge in [0.1, 0.15) is 11.4 Å². The van der Waals surface area contributed by atoms with Crippen molar-refractivity contribution in [2.75, 3.05) is 41.0 Å². The largest absolute Gasteiger partial charge is 0.390 e. The number of hydrogen-bond donors (Lipinski definition) is 3. The normalized spacial score (nSPS) is 60.2. The molecule has 6 rings (SSSR count). The van der Waals surface area contributed by atoms with Gasteiger partial charge in [-0.1, -0.05) is 6.92 Å². The highest BCUT2D eigenvalue weighted by Gasteiger charge is 2.87. The van der Waals surface area contributed by atoms with Crippen LogP contribution >= 0.6 is 0 Å². The molecule has 32 heavy (non-hydrogen) atoms. The van der Waals surface area contributed by atoms with Crippen molar-refractivity contribution in [1.82, 2.24) is 4.90 Å². The summed E-state index contributed by atoms with van der Waals surface area (Å²) in [6.07, 6.45) is -0.187. The van der Waals surface area contributed by atoms with E-state index in [9.17, 15) is 20.1 Å². The average Bonchev–Trinajstić information content (AvgIpc) is 3.12. The Bertz CT molecular complexity index is 839. The lowest BCUT2D eigenvalue weighted by molar-refractivity contribution is -0.263. The standard InChI is InChI=1S/C24H37NO7/c1-5-25-10-21(11-30-2)13(26)6-7-22-12-8-23(28)14(31-3)9-24(29,15(12)20(23)27)16(19(22)25)17(32-4)18(21)22/h12,14-20,27-29H,5-11H2,1-4H3/t12-,14+,15-,16+,17+,18-,19?,20-,21+,22-,23+,24-/m1/s1. The van der Waals surface area contributed by atoms with Crippen LogP contribution in [0.5, 0.6) is 0 Å². The van der Waals surface area contributed by atoms with Crippen LogP contribution in [0, 0.1) is 34.5 Å². The van der Waals surface area contributed by atoms with Gasteiger partial charge in [0, 0.05) is 64.5 Å². The van der Waals surface area contributed by atoms with Crippen LogP contribution < -0.4 is 0 Å². The van der Waals surface area contributed by atoms with Crippen molar-refractivity contribution in [2.24, 2.45) is 34.5 Å². The lowest BCUT2D eigenvalue weighted by atomic mass is 9.44. The molecule has 1 aliphatic heterocycles. The highest BCUT2D eigenvalue weighted by molar-refractivity contribution is 5.87. The summed E-state index contributed by atoms with van der Waals surface area (Å²) in [5.41, 5.74) is -3.64. The Morgan fingerprint density at radius 1 is 1.09 bits per heavy atom. The molecule has 5 saturated carbocycles. The molecule has 6 aliphatic rings. The molecule has 6 fully saturated rings. The fraction of sp³-hybridized carbons (Fsp3) is 0.958. The summed E-state index contributed by atoms with van der Waals surface area (Å²) in [5, 5.41) is 35.5. The van der Waals surface area contributed by atoms with Crippen molar-refractivity contribution in [3.05, 3.63) is 0 Å². The fourth-order valence-electron chi connectivity index (χ4n) is 10.4. The van der Waals surface area contributed by atoms with E-state index in [2.05, 4.69) is 11.8 Å². The zero-order chi connectivity index (χ0) is 22.8. The number of Topliss-reactive ketones (excluding diaryl/α,β-unsaturated/α-hetero) is 1. The highest BCUT2D eigenvalue weighted by atomic mass is 16.5. The minimum absolute atomic E-state index is 0.0388. The lowest BCUT2D eigenvalue weighted by Gasteiger charge is -2.66. The number of rotatable bonds is 5. The second kappa shape index (κ2) is 6.53. The Balaban J connectivity index is 1.63. The molecule has 8 nitrogen and oxygen atoms in total. The minimum atomic E-state index is -1.38. The van der Waals surface area contributed by atoms with E-state index in [0.717, 1.165) is 6.54 Å². The summed E-state index contributed by atoms with van der Waals surface area (Å²) >= 11 is 0. The Hall–Kier alpha value is -0.610. The molecule has 8 heteroatoms. The molecule has 0 aromatic heterocycles. The van der Waals surface area contributed by atoms with Crippen LogP contribution in [0.15, 0.2) is 0 Å². The van der Waals surface area contributed by atoms with Gasteiger partial charge in [0.05, 0.1) is 35.9 Å². The van der Waals surface area contributed by atoms with Gasteiger partial charge in [-0.15, -0.1) is 0 Å². The Kier molecular flexibility index (Phi) is 4.47. The van der Waals surface area contributed by atoms with Gasteiger partial charge >= 0.3 is 0 Å². The quantitative estimate of drug-likeness (QED) is 0.529. The minimum Gasteiger partial charge on any atom is -0.390 e. The van der Waals surface area contributed by atoms with Crippen LogP contribution in [-0.4, -0.2) is 103 Å². The van der Waals surface area contributed by atoms with Crippen molar-refractivity contribution in [3.63, 3.8) is 0 Å². The molecule has 3 N–H and O–H groups in total. The molecule has 12 atom stereocenters. The van der Waals surface area contributed by atoms with Gasteiger partial charge in [-0.2, -0.15) is 0 Å². The monoisotopic (exact) mass is 451 g/mol. The number of aliphatic hydroxyl groups excluding tert-OH is 1. The number of carbonyl (C=O) groups is 1. The van der Waals surface area contributed by atoms with Crippen LogP contribution in [0.1, 0.15) is 32.6 Å². The van der Waals surface area contributed by atoms with Crippen LogP contribution in [0.25, 0.3) is 0 Å². The van der Waals surface area contributed by atoms with E-state index >= 15 is 0 Å². The highest BCUT2D eigenvalue weighted by Crippen LogP contribution is 2.79. The Labute approximate surface area is 189 Å². The maximum Gasteiger partial charge on any atom is 0.143 e. The average molecular weight is 452 g/mol. The first-order chi connectivity index (χ1) is 15.2. The number of aliphatic hydroxyl groups is 3. The van der Waals surface area contributed by atoms with Crippen molar-refractivity contribution >= 4 is 5.78 Å². The molecule has 0 radical (unpaired) electrons.